The lowest BCUT2D eigenvalue weighted by molar-refractivity contribution is -0.129. The van der Waals surface area contributed by atoms with E-state index in [1.54, 1.807) is 0 Å². The van der Waals surface area contributed by atoms with Crippen LogP contribution in [0.5, 0.6) is 0 Å². The molecule has 0 aliphatic carbocycles. The summed E-state index contributed by atoms with van der Waals surface area (Å²) in [6.45, 7) is 5.34. The lowest BCUT2D eigenvalue weighted by Gasteiger charge is -2.38. The van der Waals surface area contributed by atoms with E-state index in [0.717, 1.165) is 25.8 Å². The van der Waals surface area contributed by atoms with Crippen molar-refractivity contribution in [1.82, 2.24) is 4.90 Å². The van der Waals surface area contributed by atoms with Crippen LogP contribution in [0.1, 0.15) is 46.0 Å². The summed E-state index contributed by atoms with van der Waals surface area (Å²) in [4.78, 5) is 14.2. The van der Waals surface area contributed by atoms with Crippen LogP contribution in [0.4, 0.5) is 0 Å². The van der Waals surface area contributed by atoms with Crippen LogP contribution in [0.25, 0.3) is 0 Å². The summed E-state index contributed by atoms with van der Waals surface area (Å²) in [7, 11) is 2.16. The van der Waals surface area contributed by atoms with Gasteiger partial charge in [0.25, 0.3) is 0 Å². The van der Waals surface area contributed by atoms with Crippen LogP contribution in [-0.2, 0) is 4.79 Å². The number of hydrogen-bond acceptors (Lipinski definition) is 2. The largest absolute Gasteiger partial charge is 0.302 e. The number of nitrogens with zero attached hydrogens (tertiary/aromatic N) is 1. The molecule has 0 aromatic heterocycles. The number of carbonyl (C=O) groups is 1. The normalized spacial score (nSPS) is 29.5. The van der Waals surface area contributed by atoms with E-state index in [0.29, 0.717) is 17.7 Å². The predicted octanol–water partition coefficient (Wildman–Crippen LogP) is 2.48. The molecule has 0 aromatic rings. The summed E-state index contributed by atoms with van der Waals surface area (Å²) in [5, 5.41) is 0. The average Bonchev–Trinajstić information content (AvgIpc) is 2.17. The van der Waals surface area contributed by atoms with Gasteiger partial charge in [-0.25, -0.2) is 0 Å². The molecule has 0 amide bonds. The Kier molecular flexibility index (Phi) is 4.59. The van der Waals surface area contributed by atoms with Crippen LogP contribution < -0.4 is 0 Å². The smallest absolute Gasteiger partial charge is 0.138 e. The Morgan fingerprint density at radius 1 is 1.29 bits per heavy atom. The fourth-order valence-corrected chi connectivity index (χ4v) is 2.54. The Morgan fingerprint density at radius 3 is 2.50 bits per heavy atom. The number of Topliss-reactive ketones (excluding diaryl/α,β-unsaturated/α-hetero) is 1. The van der Waals surface area contributed by atoms with Gasteiger partial charge < -0.3 is 4.90 Å². The maximum atomic E-state index is 11.8. The van der Waals surface area contributed by atoms with Gasteiger partial charge in [-0.2, -0.15) is 0 Å². The molecule has 0 saturated carbocycles. The zero-order valence-corrected chi connectivity index (χ0v) is 9.75. The van der Waals surface area contributed by atoms with Crippen LogP contribution in [0.3, 0.4) is 0 Å². The Labute approximate surface area is 87.7 Å². The van der Waals surface area contributed by atoms with E-state index >= 15 is 0 Å². The second-order valence-electron chi connectivity index (χ2n) is 4.45. The summed E-state index contributed by atoms with van der Waals surface area (Å²) in [5.41, 5.74) is 0. The molecular formula is C12H23NO. The zero-order chi connectivity index (χ0) is 10.6. The molecule has 2 unspecified atom stereocenters. The summed E-state index contributed by atoms with van der Waals surface area (Å²) < 4.78 is 0. The Bertz CT molecular complexity index is 191. The number of carbonyl (C=O) groups excluding carboxylic acids is 1. The highest BCUT2D eigenvalue weighted by Gasteiger charge is 2.33. The third-order valence-corrected chi connectivity index (χ3v) is 3.34. The van der Waals surface area contributed by atoms with Gasteiger partial charge in [-0.05, 0) is 19.9 Å². The molecule has 14 heavy (non-hydrogen) atoms. The number of piperidine rings is 1. The van der Waals surface area contributed by atoms with E-state index in [9.17, 15) is 4.79 Å². The van der Waals surface area contributed by atoms with Crippen molar-refractivity contribution in [1.29, 1.82) is 0 Å². The van der Waals surface area contributed by atoms with Crippen molar-refractivity contribution in [2.45, 2.75) is 52.0 Å². The molecule has 1 rings (SSSR count). The summed E-state index contributed by atoms with van der Waals surface area (Å²) in [6, 6.07) is 0.515. The maximum absolute atomic E-state index is 11.8. The number of ketones is 1. The lowest BCUT2D eigenvalue weighted by Crippen LogP contribution is -2.47. The van der Waals surface area contributed by atoms with Gasteiger partial charge in [-0.1, -0.05) is 26.7 Å². The Hall–Kier alpha value is -0.370. The molecular weight excluding hydrogens is 174 g/mol. The molecule has 2 atom stereocenters. The second-order valence-corrected chi connectivity index (χ2v) is 4.45. The van der Waals surface area contributed by atoms with Crippen LogP contribution >= 0.6 is 0 Å². The highest BCUT2D eigenvalue weighted by molar-refractivity contribution is 5.82. The lowest BCUT2D eigenvalue weighted by atomic mass is 9.83. The van der Waals surface area contributed by atoms with Gasteiger partial charge in [-0.15, -0.1) is 0 Å². The molecule has 2 nitrogen and oxygen atoms in total. The third kappa shape index (κ3) is 2.57. The first-order valence-electron chi connectivity index (χ1n) is 5.93. The molecule has 0 spiro atoms. The average molecular weight is 197 g/mol. The van der Waals surface area contributed by atoms with Gasteiger partial charge in [-0.3, -0.25) is 4.79 Å². The van der Waals surface area contributed by atoms with E-state index < -0.39 is 0 Å². The number of rotatable bonds is 4. The molecule has 1 fully saturated rings. The van der Waals surface area contributed by atoms with E-state index in [1.807, 2.05) is 0 Å². The molecule has 2 heteroatoms. The van der Waals surface area contributed by atoms with E-state index in [2.05, 4.69) is 25.8 Å². The van der Waals surface area contributed by atoms with Gasteiger partial charge in [0.05, 0.1) is 0 Å². The SMILES string of the molecule is CCCC1C(=O)CCN(C)C1CCC. The van der Waals surface area contributed by atoms with Crippen LogP contribution in [0.2, 0.25) is 0 Å². The van der Waals surface area contributed by atoms with Crippen molar-refractivity contribution in [3.63, 3.8) is 0 Å². The van der Waals surface area contributed by atoms with Gasteiger partial charge in [0, 0.05) is 24.9 Å². The standard InChI is InChI=1S/C12H23NO/c1-4-6-10-11(7-5-2)13(3)9-8-12(10)14/h10-11H,4-9H2,1-3H3. The van der Waals surface area contributed by atoms with Gasteiger partial charge in [0.2, 0.25) is 0 Å². The van der Waals surface area contributed by atoms with Gasteiger partial charge in [0.15, 0.2) is 0 Å². The fraction of sp³-hybridized carbons (Fsp3) is 0.917. The van der Waals surface area contributed by atoms with E-state index in [-0.39, 0.29) is 0 Å². The fourth-order valence-electron chi connectivity index (χ4n) is 2.54. The monoisotopic (exact) mass is 197 g/mol. The first kappa shape index (κ1) is 11.7. The van der Waals surface area contributed by atoms with Crippen molar-refractivity contribution in [2.24, 2.45) is 5.92 Å². The highest BCUT2D eigenvalue weighted by atomic mass is 16.1. The second kappa shape index (κ2) is 5.50. The van der Waals surface area contributed by atoms with Crippen molar-refractivity contribution >= 4 is 5.78 Å². The first-order valence-corrected chi connectivity index (χ1v) is 5.93. The van der Waals surface area contributed by atoms with Crippen LogP contribution in [-0.4, -0.2) is 30.3 Å². The van der Waals surface area contributed by atoms with Crippen molar-refractivity contribution in [3.8, 4) is 0 Å². The summed E-state index contributed by atoms with van der Waals surface area (Å²) in [6.07, 6.45) is 5.33. The number of hydrogen-bond donors (Lipinski definition) is 0. The molecule has 82 valence electrons. The maximum Gasteiger partial charge on any atom is 0.138 e. The first-order chi connectivity index (χ1) is 6.70. The molecule has 1 saturated heterocycles. The molecule has 0 bridgehead atoms. The highest BCUT2D eigenvalue weighted by Crippen LogP contribution is 2.26. The minimum Gasteiger partial charge on any atom is -0.302 e. The molecule has 1 heterocycles. The van der Waals surface area contributed by atoms with Crippen molar-refractivity contribution in [3.05, 3.63) is 0 Å². The molecule has 0 aromatic carbocycles. The van der Waals surface area contributed by atoms with Crippen LogP contribution in [0.15, 0.2) is 0 Å². The molecule has 1 aliphatic heterocycles. The molecule has 0 N–H and O–H groups in total. The van der Waals surface area contributed by atoms with Crippen molar-refractivity contribution < 1.29 is 4.79 Å². The summed E-state index contributed by atoms with van der Waals surface area (Å²) >= 11 is 0. The predicted molar refractivity (Wildman–Crippen MR) is 59.3 cm³/mol. The zero-order valence-electron chi connectivity index (χ0n) is 9.75. The molecule has 0 radical (unpaired) electrons. The van der Waals surface area contributed by atoms with Crippen LogP contribution in [0, 0.1) is 5.92 Å². The quantitative estimate of drug-likeness (QED) is 0.690. The van der Waals surface area contributed by atoms with Crippen molar-refractivity contribution in [2.75, 3.05) is 13.6 Å². The summed E-state index contributed by atoms with van der Waals surface area (Å²) in [5.74, 6) is 0.821. The van der Waals surface area contributed by atoms with E-state index in [1.165, 1.54) is 12.8 Å². The van der Waals surface area contributed by atoms with E-state index in [4.69, 9.17) is 0 Å². The topological polar surface area (TPSA) is 20.3 Å². The van der Waals surface area contributed by atoms with Gasteiger partial charge >= 0.3 is 0 Å². The number of likely N-dealkylation sites (tertiary alicyclic amines) is 1. The van der Waals surface area contributed by atoms with Gasteiger partial charge in [0.1, 0.15) is 5.78 Å². The minimum atomic E-state index is 0.318. The third-order valence-electron chi connectivity index (χ3n) is 3.34. The Balaban J connectivity index is 2.64. The Morgan fingerprint density at radius 2 is 1.93 bits per heavy atom. The molecule has 1 aliphatic rings. The minimum absolute atomic E-state index is 0.318.